The molecule has 2 atom stereocenters. The highest BCUT2D eigenvalue weighted by molar-refractivity contribution is 5.77. The Morgan fingerprint density at radius 1 is 1.18 bits per heavy atom. The quantitative estimate of drug-likeness (QED) is 0.750. The molecule has 0 spiro atoms. The summed E-state index contributed by atoms with van der Waals surface area (Å²) in [6, 6.07) is 5.75. The molecule has 0 aromatic heterocycles. The molecule has 4 nitrogen and oxygen atoms in total. The number of carbonyl (C=O) groups excluding carboxylic acids is 1. The van der Waals surface area contributed by atoms with Crippen LogP contribution in [0.15, 0.2) is 18.2 Å². The molecule has 92 valence electrons. The Morgan fingerprint density at radius 2 is 1.88 bits per heavy atom. The van der Waals surface area contributed by atoms with Crippen molar-refractivity contribution >= 4 is 5.97 Å². The van der Waals surface area contributed by atoms with E-state index in [0.29, 0.717) is 11.5 Å². The zero-order chi connectivity index (χ0) is 12.4. The zero-order valence-electron chi connectivity index (χ0n) is 10.2. The van der Waals surface area contributed by atoms with Crippen molar-refractivity contribution < 1.29 is 19.0 Å². The molecule has 2 rings (SSSR count). The highest BCUT2D eigenvalue weighted by Gasteiger charge is 2.45. The van der Waals surface area contributed by atoms with E-state index in [1.165, 1.54) is 7.11 Å². The van der Waals surface area contributed by atoms with Crippen molar-refractivity contribution in [3.8, 4) is 11.5 Å². The molecule has 1 aromatic rings. The number of rotatable bonds is 4. The van der Waals surface area contributed by atoms with E-state index in [0.717, 1.165) is 12.0 Å². The minimum atomic E-state index is -0.134. The van der Waals surface area contributed by atoms with E-state index in [-0.39, 0.29) is 17.8 Å². The molecule has 0 aliphatic heterocycles. The molecular weight excluding hydrogens is 220 g/mol. The summed E-state index contributed by atoms with van der Waals surface area (Å²) in [5, 5.41) is 0. The molecule has 0 bridgehead atoms. The molecule has 0 amide bonds. The minimum Gasteiger partial charge on any atom is -0.493 e. The van der Waals surface area contributed by atoms with Gasteiger partial charge < -0.3 is 14.2 Å². The van der Waals surface area contributed by atoms with Crippen LogP contribution < -0.4 is 9.47 Å². The highest BCUT2D eigenvalue weighted by Crippen LogP contribution is 2.49. The normalized spacial score (nSPS) is 21.8. The minimum absolute atomic E-state index is 0.00176. The maximum Gasteiger partial charge on any atom is 0.309 e. The van der Waals surface area contributed by atoms with Gasteiger partial charge in [0.25, 0.3) is 0 Å². The molecular formula is C13H16O4. The van der Waals surface area contributed by atoms with Crippen molar-refractivity contribution in [2.45, 2.75) is 12.3 Å². The number of benzene rings is 1. The molecule has 1 saturated carbocycles. The molecule has 1 fully saturated rings. The number of carbonyl (C=O) groups is 1. The molecule has 1 aromatic carbocycles. The summed E-state index contributed by atoms with van der Waals surface area (Å²) in [6.07, 6.45) is 0.849. The maximum atomic E-state index is 11.4. The number of methoxy groups -OCH3 is 3. The standard InChI is InChI=1S/C13H16O4/c1-15-11-5-4-8(6-12(11)16-2)9-7-10(9)13(14)17-3/h4-6,9-10H,7H2,1-3H3/t9-,10+/m0/s1. The molecule has 4 heteroatoms. The van der Waals surface area contributed by atoms with Crippen LogP contribution in [0.2, 0.25) is 0 Å². The fourth-order valence-corrected chi connectivity index (χ4v) is 2.06. The van der Waals surface area contributed by atoms with Gasteiger partial charge in [-0.3, -0.25) is 4.79 Å². The number of esters is 1. The van der Waals surface area contributed by atoms with Gasteiger partial charge in [-0.25, -0.2) is 0 Å². The Hall–Kier alpha value is -1.71. The largest absolute Gasteiger partial charge is 0.493 e. The van der Waals surface area contributed by atoms with Crippen LogP contribution >= 0.6 is 0 Å². The van der Waals surface area contributed by atoms with Crippen LogP contribution in [0.1, 0.15) is 17.9 Å². The van der Waals surface area contributed by atoms with Crippen LogP contribution in [0.3, 0.4) is 0 Å². The maximum absolute atomic E-state index is 11.4. The first-order chi connectivity index (χ1) is 8.21. The topological polar surface area (TPSA) is 44.8 Å². The van der Waals surface area contributed by atoms with Crippen LogP contribution in [0.4, 0.5) is 0 Å². The number of hydrogen-bond acceptors (Lipinski definition) is 4. The predicted octanol–water partition coefficient (Wildman–Crippen LogP) is 1.98. The Balaban J connectivity index is 2.16. The van der Waals surface area contributed by atoms with E-state index < -0.39 is 0 Å². The van der Waals surface area contributed by atoms with Crippen LogP contribution in [-0.4, -0.2) is 27.3 Å². The van der Waals surface area contributed by atoms with Crippen molar-refractivity contribution in [1.29, 1.82) is 0 Å². The third kappa shape index (κ3) is 2.20. The average Bonchev–Trinajstić information content (AvgIpc) is 3.17. The van der Waals surface area contributed by atoms with E-state index in [9.17, 15) is 4.79 Å². The lowest BCUT2D eigenvalue weighted by atomic mass is 10.1. The highest BCUT2D eigenvalue weighted by atomic mass is 16.5. The Kier molecular flexibility index (Phi) is 3.22. The monoisotopic (exact) mass is 236 g/mol. The van der Waals surface area contributed by atoms with Crippen molar-refractivity contribution in [2.24, 2.45) is 5.92 Å². The molecule has 0 N–H and O–H groups in total. The van der Waals surface area contributed by atoms with Crippen molar-refractivity contribution in [2.75, 3.05) is 21.3 Å². The summed E-state index contributed by atoms with van der Waals surface area (Å²) in [4.78, 5) is 11.4. The summed E-state index contributed by atoms with van der Waals surface area (Å²) in [6.45, 7) is 0. The second-order valence-electron chi connectivity index (χ2n) is 4.09. The van der Waals surface area contributed by atoms with Crippen molar-refractivity contribution in [3.05, 3.63) is 23.8 Å². The van der Waals surface area contributed by atoms with Crippen LogP contribution in [-0.2, 0) is 9.53 Å². The van der Waals surface area contributed by atoms with E-state index in [4.69, 9.17) is 14.2 Å². The molecule has 1 aliphatic rings. The molecule has 1 aliphatic carbocycles. The van der Waals surface area contributed by atoms with Gasteiger partial charge in [-0.05, 0) is 30.0 Å². The van der Waals surface area contributed by atoms with E-state index in [2.05, 4.69) is 0 Å². The molecule has 0 radical (unpaired) electrons. The Labute approximate surface area is 100 Å². The Bertz CT molecular complexity index is 427. The van der Waals surface area contributed by atoms with E-state index in [1.54, 1.807) is 14.2 Å². The zero-order valence-corrected chi connectivity index (χ0v) is 10.2. The van der Waals surface area contributed by atoms with Gasteiger partial charge in [0.15, 0.2) is 11.5 Å². The molecule has 0 heterocycles. The fraction of sp³-hybridized carbons (Fsp3) is 0.462. The van der Waals surface area contributed by atoms with E-state index in [1.807, 2.05) is 18.2 Å². The number of hydrogen-bond donors (Lipinski definition) is 0. The van der Waals surface area contributed by atoms with Gasteiger partial charge in [0.1, 0.15) is 0 Å². The molecule has 0 unspecified atom stereocenters. The number of ether oxygens (including phenoxy) is 3. The third-order valence-corrected chi connectivity index (χ3v) is 3.13. The van der Waals surface area contributed by atoms with Gasteiger partial charge in [0, 0.05) is 0 Å². The van der Waals surface area contributed by atoms with Crippen LogP contribution in [0, 0.1) is 5.92 Å². The van der Waals surface area contributed by atoms with Crippen LogP contribution in [0.25, 0.3) is 0 Å². The Morgan fingerprint density at radius 3 is 2.47 bits per heavy atom. The fourth-order valence-electron chi connectivity index (χ4n) is 2.06. The van der Waals surface area contributed by atoms with Gasteiger partial charge in [-0.2, -0.15) is 0 Å². The van der Waals surface area contributed by atoms with E-state index >= 15 is 0 Å². The first-order valence-corrected chi connectivity index (χ1v) is 5.51. The SMILES string of the molecule is COC(=O)[C@@H]1C[C@H]1c1ccc(OC)c(OC)c1. The second-order valence-corrected chi connectivity index (χ2v) is 4.09. The summed E-state index contributed by atoms with van der Waals surface area (Å²) in [7, 11) is 4.63. The van der Waals surface area contributed by atoms with Gasteiger partial charge in [-0.1, -0.05) is 6.07 Å². The summed E-state index contributed by atoms with van der Waals surface area (Å²) in [5.74, 6) is 1.51. The summed E-state index contributed by atoms with van der Waals surface area (Å²) >= 11 is 0. The third-order valence-electron chi connectivity index (χ3n) is 3.13. The lowest BCUT2D eigenvalue weighted by Crippen LogP contribution is -2.04. The average molecular weight is 236 g/mol. The lowest BCUT2D eigenvalue weighted by Gasteiger charge is -2.09. The van der Waals surface area contributed by atoms with Gasteiger partial charge >= 0.3 is 5.97 Å². The van der Waals surface area contributed by atoms with Crippen LogP contribution in [0.5, 0.6) is 11.5 Å². The first kappa shape index (κ1) is 11.8. The van der Waals surface area contributed by atoms with Gasteiger partial charge in [0.2, 0.25) is 0 Å². The summed E-state index contributed by atoms with van der Waals surface area (Å²) < 4.78 is 15.1. The molecule has 0 saturated heterocycles. The summed E-state index contributed by atoms with van der Waals surface area (Å²) in [5.41, 5.74) is 1.10. The smallest absolute Gasteiger partial charge is 0.309 e. The first-order valence-electron chi connectivity index (χ1n) is 5.51. The van der Waals surface area contributed by atoms with Gasteiger partial charge in [-0.15, -0.1) is 0 Å². The second kappa shape index (κ2) is 4.65. The van der Waals surface area contributed by atoms with Crippen molar-refractivity contribution in [1.82, 2.24) is 0 Å². The van der Waals surface area contributed by atoms with Gasteiger partial charge in [0.05, 0.1) is 27.2 Å². The molecule has 17 heavy (non-hydrogen) atoms. The predicted molar refractivity (Wildman–Crippen MR) is 62.4 cm³/mol. The lowest BCUT2D eigenvalue weighted by molar-refractivity contribution is -0.142. The van der Waals surface area contributed by atoms with Crippen molar-refractivity contribution in [3.63, 3.8) is 0 Å².